The third kappa shape index (κ3) is 2.07. The molecule has 1 heterocycles. The summed E-state index contributed by atoms with van der Waals surface area (Å²) in [7, 11) is 4.25. The lowest BCUT2D eigenvalue weighted by molar-refractivity contribution is 0.0440. The van der Waals surface area contributed by atoms with Gasteiger partial charge in [0.2, 0.25) is 5.95 Å². The van der Waals surface area contributed by atoms with Crippen molar-refractivity contribution < 1.29 is 0 Å². The van der Waals surface area contributed by atoms with Crippen molar-refractivity contribution in [3.05, 3.63) is 22.2 Å². The molecule has 0 unspecified atom stereocenters. The normalized spacial score (nSPS) is 17.6. The molecule has 20 heavy (non-hydrogen) atoms. The van der Waals surface area contributed by atoms with Crippen LogP contribution < -0.4 is 5.73 Å². The van der Waals surface area contributed by atoms with Crippen LogP contribution in [0.15, 0.2) is 12.1 Å². The highest BCUT2D eigenvalue weighted by Gasteiger charge is 2.40. The number of hydrogen-bond donors (Lipinski definition) is 1. The molecule has 6 heteroatoms. The molecule has 0 atom stereocenters. The largest absolute Gasteiger partial charge is 0.369 e. The summed E-state index contributed by atoms with van der Waals surface area (Å²) in [6.07, 6.45) is 3.62. The first kappa shape index (κ1) is 14.0. The number of nitrogen functional groups attached to an aromatic ring is 1. The first-order valence-corrected chi connectivity index (χ1v) is 7.47. The Morgan fingerprint density at radius 2 is 1.95 bits per heavy atom. The number of nitrogens with two attached hydrogens (primary N) is 1. The minimum absolute atomic E-state index is 0.174. The second-order valence-corrected chi connectivity index (χ2v) is 6.60. The van der Waals surface area contributed by atoms with Gasteiger partial charge in [-0.15, -0.1) is 0 Å². The number of imidazole rings is 1. The topological polar surface area (TPSA) is 47.1 Å². The van der Waals surface area contributed by atoms with Crippen molar-refractivity contribution in [3.63, 3.8) is 0 Å². The Balaban J connectivity index is 2.07. The van der Waals surface area contributed by atoms with Crippen molar-refractivity contribution in [1.29, 1.82) is 0 Å². The number of anilines is 1. The van der Waals surface area contributed by atoms with Crippen LogP contribution >= 0.6 is 23.2 Å². The summed E-state index contributed by atoms with van der Waals surface area (Å²) < 4.78 is 2.05. The van der Waals surface area contributed by atoms with Crippen LogP contribution in [0, 0.1) is 0 Å². The molecule has 0 aliphatic heterocycles. The quantitative estimate of drug-likeness (QED) is 0.944. The molecule has 2 aromatic rings. The molecule has 108 valence electrons. The van der Waals surface area contributed by atoms with Crippen LogP contribution in [0.25, 0.3) is 11.0 Å². The molecule has 4 nitrogen and oxygen atoms in total. The lowest BCUT2D eigenvalue weighted by Gasteiger charge is -2.47. The molecule has 0 radical (unpaired) electrons. The van der Waals surface area contributed by atoms with Gasteiger partial charge in [0, 0.05) is 12.1 Å². The van der Waals surface area contributed by atoms with Crippen LogP contribution in [0.5, 0.6) is 0 Å². The van der Waals surface area contributed by atoms with E-state index in [1.807, 2.05) is 6.07 Å². The lowest BCUT2D eigenvalue weighted by Crippen LogP contribution is -2.53. The van der Waals surface area contributed by atoms with Crippen LogP contribution in [0.4, 0.5) is 5.95 Å². The monoisotopic (exact) mass is 312 g/mol. The fraction of sp³-hybridized carbons (Fsp3) is 0.500. The zero-order valence-corrected chi connectivity index (χ0v) is 13.2. The van der Waals surface area contributed by atoms with Crippen LogP contribution in [0.3, 0.4) is 0 Å². The van der Waals surface area contributed by atoms with Gasteiger partial charge in [0.15, 0.2) is 0 Å². The van der Waals surface area contributed by atoms with Gasteiger partial charge in [0.1, 0.15) is 0 Å². The summed E-state index contributed by atoms with van der Waals surface area (Å²) in [5.41, 5.74) is 8.01. The van der Waals surface area contributed by atoms with E-state index in [4.69, 9.17) is 28.9 Å². The molecule has 1 saturated carbocycles. The van der Waals surface area contributed by atoms with E-state index in [0.717, 1.165) is 17.6 Å². The third-order valence-electron chi connectivity index (χ3n) is 4.51. The fourth-order valence-corrected chi connectivity index (χ4v) is 3.25. The Bertz CT molecular complexity index is 659. The highest BCUT2D eigenvalue weighted by Crippen LogP contribution is 2.39. The van der Waals surface area contributed by atoms with Gasteiger partial charge in [-0.25, -0.2) is 4.98 Å². The van der Waals surface area contributed by atoms with Gasteiger partial charge in [-0.05, 0) is 45.5 Å². The third-order valence-corrected chi connectivity index (χ3v) is 5.23. The summed E-state index contributed by atoms with van der Waals surface area (Å²) in [5, 5.41) is 1.04. The minimum Gasteiger partial charge on any atom is -0.369 e. The zero-order chi connectivity index (χ0) is 14.5. The van der Waals surface area contributed by atoms with Crippen molar-refractivity contribution in [1.82, 2.24) is 14.5 Å². The maximum Gasteiger partial charge on any atom is 0.201 e. The summed E-state index contributed by atoms with van der Waals surface area (Å²) in [6, 6.07) is 3.62. The fourth-order valence-electron chi connectivity index (χ4n) is 2.93. The van der Waals surface area contributed by atoms with Gasteiger partial charge in [-0.2, -0.15) is 0 Å². The molecule has 3 rings (SSSR count). The molecule has 0 saturated heterocycles. The van der Waals surface area contributed by atoms with E-state index in [1.54, 1.807) is 6.07 Å². The smallest absolute Gasteiger partial charge is 0.201 e. The van der Waals surface area contributed by atoms with Gasteiger partial charge < -0.3 is 15.2 Å². The van der Waals surface area contributed by atoms with E-state index >= 15 is 0 Å². The van der Waals surface area contributed by atoms with Gasteiger partial charge in [-0.1, -0.05) is 23.2 Å². The second-order valence-electron chi connectivity index (χ2n) is 5.78. The van der Waals surface area contributed by atoms with Crippen LogP contribution in [-0.4, -0.2) is 34.1 Å². The number of aromatic nitrogens is 2. The Morgan fingerprint density at radius 1 is 1.30 bits per heavy atom. The number of rotatable bonds is 3. The Morgan fingerprint density at radius 3 is 2.50 bits per heavy atom. The number of halogens is 2. The number of benzene rings is 1. The van der Waals surface area contributed by atoms with Crippen molar-refractivity contribution >= 4 is 40.2 Å². The average Bonchev–Trinajstić information content (AvgIpc) is 2.60. The molecule has 1 fully saturated rings. The van der Waals surface area contributed by atoms with Crippen molar-refractivity contribution in [2.24, 2.45) is 0 Å². The molecular formula is C14H18Cl2N4. The zero-order valence-electron chi connectivity index (χ0n) is 11.7. The van der Waals surface area contributed by atoms with E-state index in [1.165, 1.54) is 19.3 Å². The van der Waals surface area contributed by atoms with Crippen LogP contribution in [-0.2, 0) is 6.54 Å². The molecule has 1 aromatic heterocycles. The van der Waals surface area contributed by atoms with Crippen molar-refractivity contribution in [3.8, 4) is 0 Å². The maximum atomic E-state index is 6.13. The first-order chi connectivity index (χ1) is 9.43. The van der Waals surface area contributed by atoms with E-state index in [2.05, 4.69) is 28.5 Å². The Hall–Kier alpha value is -0.970. The lowest BCUT2D eigenvalue weighted by atomic mass is 9.75. The highest BCUT2D eigenvalue weighted by atomic mass is 35.5. The van der Waals surface area contributed by atoms with Crippen molar-refractivity contribution in [2.75, 3.05) is 19.8 Å². The van der Waals surface area contributed by atoms with Crippen LogP contribution in [0.2, 0.25) is 10.0 Å². The maximum absolute atomic E-state index is 6.13. The molecule has 1 aliphatic carbocycles. The summed E-state index contributed by atoms with van der Waals surface area (Å²) in [6.45, 7) is 0.834. The van der Waals surface area contributed by atoms with Crippen LogP contribution in [0.1, 0.15) is 19.3 Å². The standard InChI is InChI=1S/C14H18Cl2N4/c1-19(2)14(4-3-5-14)8-20-12-7-10(16)9(15)6-11(12)18-13(20)17/h6-7H,3-5,8H2,1-2H3,(H2,17,18). The Labute approximate surface area is 128 Å². The minimum atomic E-state index is 0.174. The van der Waals surface area contributed by atoms with E-state index in [0.29, 0.717) is 16.0 Å². The Kier molecular flexibility index (Phi) is 3.35. The molecule has 1 aromatic carbocycles. The van der Waals surface area contributed by atoms with E-state index < -0.39 is 0 Å². The number of nitrogens with zero attached hydrogens (tertiary/aromatic N) is 3. The number of fused-ring (bicyclic) bond motifs is 1. The van der Waals surface area contributed by atoms with Crippen molar-refractivity contribution in [2.45, 2.75) is 31.3 Å². The van der Waals surface area contributed by atoms with E-state index in [-0.39, 0.29) is 5.54 Å². The summed E-state index contributed by atoms with van der Waals surface area (Å²) in [5.74, 6) is 0.520. The predicted molar refractivity (Wildman–Crippen MR) is 84.4 cm³/mol. The second kappa shape index (κ2) is 4.79. The molecular weight excluding hydrogens is 295 g/mol. The van der Waals surface area contributed by atoms with Gasteiger partial charge in [0.25, 0.3) is 0 Å². The predicted octanol–water partition coefficient (Wildman–Crippen LogP) is 3.41. The molecule has 0 amide bonds. The first-order valence-electron chi connectivity index (χ1n) is 6.71. The molecule has 2 N–H and O–H groups in total. The highest BCUT2D eigenvalue weighted by molar-refractivity contribution is 6.42. The van der Waals surface area contributed by atoms with Gasteiger partial charge in [-0.3, -0.25) is 0 Å². The SMILES string of the molecule is CN(C)C1(Cn2c(N)nc3cc(Cl)c(Cl)cc32)CCC1. The van der Waals surface area contributed by atoms with E-state index in [9.17, 15) is 0 Å². The van der Waals surface area contributed by atoms with Gasteiger partial charge in [0.05, 0.1) is 21.1 Å². The molecule has 1 aliphatic rings. The summed E-state index contributed by atoms with van der Waals surface area (Å²) in [4.78, 5) is 6.69. The molecule has 0 bridgehead atoms. The number of likely N-dealkylation sites (N-methyl/N-ethyl adjacent to an activating group) is 1. The summed E-state index contributed by atoms with van der Waals surface area (Å²) >= 11 is 12.2. The number of hydrogen-bond acceptors (Lipinski definition) is 3. The average molecular weight is 313 g/mol. The molecule has 0 spiro atoms. The van der Waals surface area contributed by atoms with Gasteiger partial charge >= 0.3 is 0 Å².